The summed E-state index contributed by atoms with van der Waals surface area (Å²) >= 11 is 1.62. The van der Waals surface area contributed by atoms with Crippen molar-refractivity contribution in [3.63, 3.8) is 0 Å². The molecule has 2 aromatic carbocycles. The van der Waals surface area contributed by atoms with E-state index in [9.17, 15) is 4.79 Å². The molecule has 1 aliphatic rings. The minimum Gasteiger partial charge on any atom is -0.481 e. The SMILES string of the molecule is C#CCOc1ccc([C@@H]2S[C@@H](C)C(=O)Nc3c2c(C)nn3-c2ccc(C)cc2)cc1. The zero-order chi connectivity index (χ0) is 21.3. The molecule has 6 heteroatoms. The van der Waals surface area contributed by atoms with Gasteiger partial charge in [-0.05, 0) is 50.6 Å². The Morgan fingerprint density at radius 3 is 2.53 bits per heavy atom. The second kappa shape index (κ2) is 8.29. The van der Waals surface area contributed by atoms with E-state index in [1.165, 1.54) is 5.56 Å². The zero-order valence-electron chi connectivity index (χ0n) is 17.2. The number of hydrogen-bond acceptors (Lipinski definition) is 4. The van der Waals surface area contributed by atoms with Gasteiger partial charge in [0.25, 0.3) is 0 Å². The molecule has 2 atom stereocenters. The van der Waals surface area contributed by atoms with E-state index >= 15 is 0 Å². The van der Waals surface area contributed by atoms with E-state index in [0.717, 1.165) is 34.1 Å². The number of nitrogens with one attached hydrogen (secondary N) is 1. The fourth-order valence-corrected chi connectivity index (χ4v) is 4.83. The number of thioether (sulfide) groups is 1. The van der Waals surface area contributed by atoms with Gasteiger partial charge < -0.3 is 10.1 Å². The molecule has 152 valence electrons. The Morgan fingerprint density at radius 2 is 1.87 bits per heavy atom. The lowest BCUT2D eigenvalue weighted by atomic mass is 10.0. The Bertz CT molecular complexity index is 1110. The molecular formula is C24H23N3O2S. The van der Waals surface area contributed by atoms with Crippen molar-refractivity contribution in [1.29, 1.82) is 0 Å². The maximum absolute atomic E-state index is 12.8. The molecule has 1 aromatic heterocycles. The molecule has 5 nitrogen and oxygen atoms in total. The highest BCUT2D eigenvalue weighted by molar-refractivity contribution is 8.01. The number of aryl methyl sites for hydroxylation is 2. The summed E-state index contributed by atoms with van der Waals surface area (Å²) in [6.07, 6.45) is 5.27. The number of ether oxygens (including phenoxy) is 1. The van der Waals surface area contributed by atoms with Crippen molar-refractivity contribution in [2.45, 2.75) is 31.3 Å². The first-order chi connectivity index (χ1) is 14.5. The third kappa shape index (κ3) is 3.81. The number of benzene rings is 2. The molecule has 1 aliphatic heterocycles. The van der Waals surface area contributed by atoms with Crippen molar-refractivity contribution in [3.05, 3.63) is 70.9 Å². The number of aromatic nitrogens is 2. The van der Waals surface area contributed by atoms with Crippen molar-refractivity contribution in [3.8, 4) is 23.8 Å². The van der Waals surface area contributed by atoms with Gasteiger partial charge in [-0.1, -0.05) is 35.7 Å². The van der Waals surface area contributed by atoms with Crippen LogP contribution < -0.4 is 10.1 Å². The monoisotopic (exact) mass is 417 g/mol. The first-order valence-electron chi connectivity index (χ1n) is 9.77. The molecule has 1 amide bonds. The van der Waals surface area contributed by atoms with Gasteiger partial charge in [0, 0.05) is 5.56 Å². The van der Waals surface area contributed by atoms with Gasteiger partial charge in [0.05, 0.1) is 21.9 Å². The lowest BCUT2D eigenvalue weighted by Gasteiger charge is -2.18. The Labute approximate surface area is 180 Å². The highest BCUT2D eigenvalue weighted by Crippen LogP contribution is 2.46. The van der Waals surface area contributed by atoms with Crippen molar-refractivity contribution >= 4 is 23.5 Å². The van der Waals surface area contributed by atoms with Crippen LogP contribution in [-0.4, -0.2) is 27.5 Å². The van der Waals surface area contributed by atoms with E-state index in [0.29, 0.717) is 0 Å². The van der Waals surface area contributed by atoms with E-state index in [4.69, 9.17) is 16.3 Å². The summed E-state index contributed by atoms with van der Waals surface area (Å²) in [5.41, 5.74) is 5.10. The summed E-state index contributed by atoms with van der Waals surface area (Å²) < 4.78 is 7.33. The molecule has 0 radical (unpaired) electrons. The van der Waals surface area contributed by atoms with Crippen molar-refractivity contribution in [2.24, 2.45) is 0 Å². The molecular weight excluding hydrogens is 394 g/mol. The van der Waals surface area contributed by atoms with Gasteiger partial charge in [-0.3, -0.25) is 4.79 Å². The van der Waals surface area contributed by atoms with Crippen LogP contribution in [0.2, 0.25) is 0 Å². The van der Waals surface area contributed by atoms with Crippen LogP contribution in [0, 0.1) is 26.2 Å². The summed E-state index contributed by atoms with van der Waals surface area (Å²) in [5, 5.41) is 7.64. The van der Waals surface area contributed by atoms with Crippen LogP contribution in [0.3, 0.4) is 0 Å². The fraction of sp³-hybridized carbons (Fsp3) is 0.250. The Balaban J connectivity index is 1.79. The average Bonchev–Trinajstić information content (AvgIpc) is 2.99. The van der Waals surface area contributed by atoms with Gasteiger partial charge in [-0.15, -0.1) is 18.2 Å². The molecule has 30 heavy (non-hydrogen) atoms. The highest BCUT2D eigenvalue weighted by atomic mass is 32.2. The maximum Gasteiger partial charge on any atom is 0.238 e. The number of fused-ring (bicyclic) bond motifs is 1. The number of amides is 1. The number of carbonyl (C=O) groups is 1. The van der Waals surface area contributed by atoms with E-state index in [1.54, 1.807) is 11.8 Å². The van der Waals surface area contributed by atoms with Crippen LogP contribution in [-0.2, 0) is 4.79 Å². The van der Waals surface area contributed by atoms with Gasteiger partial charge in [0.2, 0.25) is 5.91 Å². The molecule has 0 aliphatic carbocycles. The van der Waals surface area contributed by atoms with E-state index < -0.39 is 0 Å². The smallest absolute Gasteiger partial charge is 0.238 e. The topological polar surface area (TPSA) is 56.1 Å². The van der Waals surface area contributed by atoms with Crippen LogP contribution in [0.5, 0.6) is 5.75 Å². The predicted molar refractivity (Wildman–Crippen MR) is 121 cm³/mol. The van der Waals surface area contributed by atoms with Gasteiger partial charge in [0.15, 0.2) is 0 Å². The first kappa shape index (κ1) is 20.1. The quantitative estimate of drug-likeness (QED) is 0.627. The predicted octanol–water partition coefficient (Wildman–Crippen LogP) is 4.66. The fourth-order valence-electron chi connectivity index (χ4n) is 3.51. The third-order valence-electron chi connectivity index (χ3n) is 5.10. The van der Waals surface area contributed by atoms with Crippen molar-refractivity contribution in [2.75, 3.05) is 11.9 Å². The third-order valence-corrected chi connectivity index (χ3v) is 6.51. The van der Waals surface area contributed by atoms with E-state index in [-0.39, 0.29) is 23.0 Å². The van der Waals surface area contributed by atoms with Gasteiger partial charge in [0.1, 0.15) is 18.2 Å². The molecule has 0 unspecified atom stereocenters. The number of carbonyl (C=O) groups excluding carboxylic acids is 1. The number of nitrogens with zero attached hydrogens (tertiary/aromatic N) is 2. The molecule has 4 rings (SSSR count). The van der Waals surface area contributed by atoms with Crippen molar-refractivity contribution < 1.29 is 9.53 Å². The van der Waals surface area contributed by atoms with E-state index in [1.807, 2.05) is 74.0 Å². The number of terminal acetylenes is 1. The molecule has 0 saturated carbocycles. The minimum atomic E-state index is -0.203. The lowest BCUT2D eigenvalue weighted by molar-refractivity contribution is -0.115. The average molecular weight is 418 g/mol. The first-order valence-corrected chi connectivity index (χ1v) is 10.7. The Morgan fingerprint density at radius 1 is 1.17 bits per heavy atom. The molecule has 2 heterocycles. The lowest BCUT2D eigenvalue weighted by Crippen LogP contribution is -2.22. The van der Waals surface area contributed by atoms with Crippen LogP contribution in [0.15, 0.2) is 48.5 Å². The van der Waals surface area contributed by atoms with Crippen LogP contribution in [0.25, 0.3) is 5.69 Å². The largest absolute Gasteiger partial charge is 0.481 e. The normalized spacial score (nSPS) is 18.1. The summed E-state index contributed by atoms with van der Waals surface area (Å²) in [6.45, 7) is 6.21. The van der Waals surface area contributed by atoms with Gasteiger partial charge in [-0.2, -0.15) is 5.10 Å². The van der Waals surface area contributed by atoms with Crippen molar-refractivity contribution in [1.82, 2.24) is 9.78 Å². The second-order valence-electron chi connectivity index (χ2n) is 7.30. The Hall–Kier alpha value is -3.17. The Kier molecular flexibility index (Phi) is 5.56. The number of anilines is 1. The second-order valence-corrected chi connectivity index (χ2v) is 8.76. The zero-order valence-corrected chi connectivity index (χ0v) is 18.0. The van der Waals surface area contributed by atoms with Crippen LogP contribution in [0.4, 0.5) is 5.82 Å². The summed E-state index contributed by atoms with van der Waals surface area (Å²) in [6, 6.07) is 16.0. The number of rotatable bonds is 4. The summed E-state index contributed by atoms with van der Waals surface area (Å²) in [7, 11) is 0. The summed E-state index contributed by atoms with van der Waals surface area (Å²) in [5.74, 6) is 3.91. The van der Waals surface area contributed by atoms with E-state index in [2.05, 4.69) is 11.2 Å². The van der Waals surface area contributed by atoms with Crippen LogP contribution in [0.1, 0.15) is 34.6 Å². The molecule has 1 N–H and O–H groups in total. The molecule has 0 bridgehead atoms. The minimum absolute atomic E-state index is 0.0222. The standard InChI is InChI=1S/C24H23N3O2S/c1-5-14-29-20-12-8-18(9-13-20)22-21-16(3)26-27(19-10-6-15(2)7-11-19)23(21)25-24(28)17(4)30-22/h1,6-13,17,22H,14H2,2-4H3,(H,25,28)/t17-,22-/m0/s1. The van der Waals surface area contributed by atoms with Gasteiger partial charge >= 0.3 is 0 Å². The molecule has 3 aromatic rings. The number of hydrogen-bond donors (Lipinski definition) is 1. The molecule has 0 saturated heterocycles. The maximum atomic E-state index is 12.8. The molecule has 0 spiro atoms. The van der Waals surface area contributed by atoms with Gasteiger partial charge in [-0.25, -0.2) is 4.68 Å². The summed E-state index contributed by atoms with van der Waals surface area (Å²) in [4.78, 5) is 12.8. The molecule has 0 fully saturated rings. The highest BCUT2D eigenvalue weighted by Gasteiger charge is 2.34. The van der Waals surface area contributed by atoms with Crippen LogP contribution >= 0.6 is 11.8 Å².